The molecule has 0 spiro atoms. The molecule has 8 heteroatoms. The third-order valence-electron chi connectivity index (χ3n) is 4.63. The van der Waals surface area contributed by atoms with Crippen molar-refractivity contribution in [3.05, 3.63) is 63.5 Å². The minimum Gasteiger partial charge on any atom is -0.463 e. The number of anilines is 1. The molecule has 0 radical (unpaired) electrons. The molecule has 152 valence electrons. The Morgan fingerprint density at radius 3 is 2.72 bits per heavy atom. The Kier molecular flexibility index (Phi) is 6.66. The summed E-state index contributed by atoms with van der Waals surface area (Å²) in [7, 11) is 0. The molecule has 0 saturated carbocycles. The molecule has 1 aliphatic rings. The van der Waals surface area contributed by atoms with Gasteiger partial charge in [0.1, 0.15) is 0 Å². The zero-order chi connectivity index (χ0) is 21.0. The zero-order valence-electron chi connectivity index (χ0n) is 16.5. The second kappa shape index (κ2) is 9.19. The quantitative estimate of drug-likeness (QED) is 0.532. The van der Waals surface area contributed by atoms with Gasteiger partial charge in [0.15, 0.2) is 5.11 Å². The molecule has 0 saturated heterocycles. The Balaban J connectivity index is 1.95. The average Bonchev–Trinajstić information content (AvgIpc) is 3.23. The van der Waals surface area contributed by atoms with Crippen LogP contribution in [0.1, 0.15) is 42.0 Å². The fourth-order valence-electron chi connectivity index (χ4n) is 3.28. The SMILES string of the molecule is CCOC(=O)C1=C(C)N(CC)C(=S)NC1c1cccc(NC(=O)c2cccs2)c1. The zero-order valence-corrected chi connectivity index (χ0v) is 18.2. The predicted molar refractivity (Wildman–Crippen MR) is 119 cm³/mol. The summed E-state index contributed by atoms with van der Waals surface area (Å²) in [5, 5.41) is 8.56. The van der Waals surface area contributed by atoms with E-state index in [2.05, 4.69) is 10.6 Å². The molecule has 2 aromatic rings. The first-order valence-electron chi connectivity index (χ1n) is 9.37. The van der Waals surface area contributed by atoms with E-state index in [9.17, 15) is 9.59 Å². The number of allylic oxidation sites excluding steroid dienone is 1. The summed E-state index contributed by atoms with van der Waals surface area (Å²) in [6.45, 7) is 6.56. The highest BCUT2D eigenvalue weighted by atomic mass is 32.1. The van der Waals surface area contributed by atoms with Crippen LogP contribution in [0.2, 0.25) is 0 Å². The molecule has 1 aromatic carbocycles. The molecular weight excluding hydrogens is 406 g/mol. The minimum atomic E-state index is -0.456. The number of thiophene rings is 1. The lowest BCUT2D eigenvalue weighted by Crippen LogP contribution is -2.47. The van der Waals surface area contributed by atoms with E-state index in [-0.39, 0.29) is 18.5 Å². The van der Waals surface area contributed by atoms with Gasteiger partial charge >= 0.3 is 5.97 Å². The molecule has 0 bridgehead atoms. The number of rotatable bonds is 6. The Morgan fingerprint density at radius 2 is 2.07 bits per heavy atom. The maximum atomic E-state index is 12.7. The number of carbonyl (C=O) groups is 2. The van der Waals surface area contributed by atoms with Crippen LogP contribution >= 0.6 is 23.6 Å². The lowest BCUT2D eigenvalue weighted by Gasteiger charge is -2.37. The smallest absolute Gasteiger partial charge is 0.338 e. The average molecular weight is 430 g/mol. The molecule has 1 aromatic heterocycles. The Hall–Kier alpha value is -2.71. The molecule has 0 fully saturated rings. The first kappa shape index (κ1) is 21.0. The maximum absolute atomic E-state index is 12.7. The van der Waals surface area contributed by atoms with Gasteiger partial charge in [-0.15, -0.1) is 11.3 Å². The third-order valence-corrected chi connectivity index (χ3v) is 5.84. The summed E-state index contributed by atoms with van der Waals surface area (Å²) < 4.78 is 5.30. The van der Waals surface area contributed by atoms with Crippen LogP contribution in [0.25, 0.3) is 0 Å². The number of nitrogens with zero attached hydrogens (tertiary/aromatic N) is 1. The first-order chi connectivity index (χ1) is 14.0. The van der Waals surface area contributed by atoms with Gasteiger partial charge in [0.25, 0.3) is 5.91 Å². The molecule has 29 heavy (non-hydrogen) atoms. The van der Waals surface area contributed by atoms with Crippen LogP contribution in [-0.4, -0.2) is 35.0 Å². The second-order valence-electron chi connectivity index (χ2n) is 6.40. The number of ether oxygens (including phenoxy) is 1. The first-order valence-corrected chi connectivity index (χ1v) is 10.7. The number of benzene rings is 1. The number of amides is 1. The molecule has 0 aliphatic carbocycles. The highest BCUT2D eigenvalue weighted by Crippen LogP contribution is 2.32. The van der Waals surface area contributed by atoms with Crippen LogP contribution in [0.5, 0.6) is 0 Å². The van der Waals surface area contributed by atoms with Gasteiger partial charge in [0.2, 0.25) is 0 Å². The van der Waals surface area contributed by atoms with Gasteiger partial charge in [-0.1, -0.05) is 18.2 Å². The van der Waals surface area contributed by atoms with E-state index in [1.807, 2.05) is 54.5 Å². The maximum Gasteiger partial charge on any atom is 0.338 e. The number of thiocarbonyl (C=S) groups is 1. The van der Waals surface area contributed by atoms with Crippen molar-refractivity contribution in [3.8, 4) is 0 Å². The number of hydrogen-bond donors (Lipinski definition) is 2. The molecular formula is C21H23N3O3S2. The van der Waals surface area contributed by atoms with Crippen molar-refractivity contribution in [2.24, 2.45) is 0 Å². The van der Waals surface area contributed by atoms with Crippen molar-refractivity contribution in [2.75, 3.05) is 18.5 Å². The van der Waals surface area contributed by atoms with E-state index in [0.717, 1.165) is 11.3 Å². The minimum absolute atomic E-state index is 0.168. The van der Waals surface area contributed by atoms with Crippen molar-refractivity contribution >= 4 is 46.2 Å². The molecule has 1 atom stereocenters. The fraction of sp³-hybridized carbons (Fsp3) is 0.286. The van der Waals surface area contributed by atoms with Crippen molar-refractivity contribution in [1.82, 2.24) is 10.2 Å². The lowest BCUT2D eigenvalue weighted by atomic mass is 9.94. The second-order valence-corrected chi connectivity index (χ2v) is 7.74. The molecule has 6 nitrogen and oxygen atoms in total. The van der Waals surface area contributed by atoms with Crippen LogP contribution in [0.15, 0.2) is 53.0 Å². The molecule has 3 rings (SSSR count). The van der Waals surface area contributed by atoms with Crippen LogP contribution in [-0.2, 0) is 9.53 Å². The molecule has 2 heterocycles. The van der Waals surface area contributed by atoms with Gasteiger partial charge < -0.3 is 20.3 Å². The molecule has 1 aliphatic heterocycles. The molecule has 2 N–H and O–H groups in total. The summed E-state index contributed by atoms with van der Waals surface area (Å²) in [6, 6.07) is 10.6. The van der Waals surface area contributed by atoms with Crippen LogP contribution in [0.4, 0.5) is 5.69 Å². The Bertz CT molecular complexity index is 954. The monoisotopic (exact) mass is 429 g/mol. The van der Waals surface area contributed by atoms with Gasteiger partial charge in [-0.2, -0.15) is 0 Å². The number of hydrogen-bond acceptors (Lipinski definition) is 5. The highest BCUT2D eigenvalue weighted by Gasteiger charge is 2.34. The lowest BCUT2D eigenvalue weighted by molar-refractivity contribution is -0.139. The normalized spacial score (nSPS) is 16.4. The number of carbonyl (C=O) groups excluding carboxylic acids is 2. The van der Waals surface area contributed by atoms with E-state index >= 15 is 0 Å². The Morgan fingerprint density at radius 1 is 1.28 bits per heavy atom. The van der Waals surface area contributed by atoms with Crippen molar-refractivity contribution in [2.45, 2.75) is 26.8 Å². The predicted octanol–water partition coefficient (Wildman–Crippen LogP) is 4.09. The van der Waals surface area contributed by atoms with E-state index in [1.165, 1.54) is 11.3 Å². The summed E-state index contributed by atoms with van der Waals surface area (Å²) in [6.07, 6.45) is 0. The molecule has 1 amide bonds. The largest absolute Gasteiger partial charge is 0.463 e. The summed E-state index contributed by atoms with van der Waals surface area (Å²) in [5.74, 6) is -0.546. The third kappa shape index (κ3) is 4.49. The summed E-state index contributed by atoms with van der Waals surface area (Å²) in [4.78, 5) is 27.6. The van der Waals surface area contributed by atoms with Crippen molar-refractivity contribution in [1.29, 1.82) is 0 Å². The van der Waals surface area contributed by atoms with E-state index in [0.29, 0.717) is 27.8 Å². The number of esters is 1. The Labute approximate surface area is 179 Å². The van der Waals surface area contributed by atoms with E-state index in [1.54, 1.807) is 13.0 Å². The standard InChI is InChI=1S/C21H23N3O3S2/c1-4-24-13(3)17(20(26)27-5-2)18(23-21(24)28)14-8-6-9-15(12-14)22-19(25)16-10-7-11-29-16/h6-12,18H,4-5H2,1-3H3,(H,22,25)(H,23,28). The van der Waals surface area contributed by atoms with Crippen LogP contribution in [0.3, 0.4) is 0 Å². The van der Waals surface area contributed by atoms with Crippen LogP contribution < -0.4 is 10.6 Å². The van der Waals surface area contributed by atoms with E-state index in [4.69, 9.17) is 17.0 Å². The van der Waals surface area contributed by atoms with Gasteiger partial charge in [-0.3, -0.25) is 4.79 Å². The van der Waals surface area contributed by atoms with Crippen molar-refractivity contribution in [3.63, 3.8) is 0 Å². The van der Waals surface area contributed by atoms with Crippen LogP contribution in [0, 0.1) is 0 Å². The van der Waals surface area contributed by atoms with Gasteiger partial charge in [0.05, 0.1) is 23.1 Å². The van der Waals surface area contributed by atoms with E-state index < -0.39 is 6.04 Å². The van der Waals surface area contributed by atoms with Gasteiger partial charge in [-0.25, -0.2) is 4.79 Å². The topological polar surface area (TPSA) is 70.7 Å². The van der Waals surface area contributed by atoms with Gasteiger partial charge in [-0.05, 0) is 62.1 Å². The summed E-state index contributed by atoms with van der Waals surface area (Å²) >= 11 is 6.88. The fourth-order valence-corrected chi connectivity index (χ4v) is 4.28. The molecule has 1 unspecified atom stereocenters. The van der Waals surface area contributed by atoms with Gasteiger partial charge in [0, 0.05) is 17.9 Å². The summed E-state index contributed by atoms with van der Waals surface area (Å²) in [5.41, 5.74) is 2.75. The highest BCUT2D eigenvalue weighted by molar-refractivity contribution is 7.80. The van der Waals surface area contributed by atoms with Crippen molar-refractivity contribution < 1.29 is 14.3 Å². The number of nitrogens with one attached hydrogen (secondary N) is 2.